The lowest BCUT2D eigenvalue weighted by Crippen LogP contribution is -2.19. The van der Waals surface area contributed by atoms with E-state index in [-0.39, 0.29) is 11.9 Å². The van der Waals surface area contributed by atoms with Gasteiger partial charge in [-0.3, -0.25) is 9.48 Å². The van der Waals surface area contributed by atoms with E-state index in [9.17, 15) is 9.59 Å². The molecule has 0 spiro atoms. The maximum atomic E-state index is 12.6. The van der Waals surface area contributed by atoms with Crippen molar-refractivity contribution in [3.8, 4) is 0 Å². The molecule has 0 bridgehead atoms. The quantitative estimate of drug-likeness (QED) is 0.797. The number of anilines is 1. The van der Waals surface area contributed by atoms with Crippen LogP contribution in [0, 0.1) is 0 Å². The molecule has 0 aliphatic heterocycles. The summed E-state index contributed by atoms with van der Waals surface area (Å²) in [5, 5.41) is 7.65. The second kappa shape index (κ2) is 7.82. The van der Waals surface area contributed by atoms with Crippen LogP contribution >= 0.6 is 11.3 Å². The molecule has 7 heteroatoms. The molecule has 0 saturated carbocycles. The van der Waals surface area contributed by atoms with Gasteiger partial charge in [0.2, 0.25) is 0 Å². The molecule has 0 aromatic carbocycles. The minimum absolute atomic E-state index is 0.248. The van der Waals surface area contributed by atoms with E-state index in [1.54, 1.807) is 16.9 Å². The van der Waals surface area contributed by atoms with Gasteiger partial charge in [-0.15, -0.1) is 11.3 Å². The number of carbonyl (C=O) groups is 2. The molecule has 0 fully saturated rings. The SMILES string of the molecule is CCCOC(=O)c1c(NC(=O)c2ccnn2CC)sc2c1CCCC2. The van der Waals surface area contributed by atoms with E-state index < -0.39 is 0 Å². The van der Waals surface area contributed by atoms with E-state index in [4.69, 9.17) is 4.74 Å². The van der Waals surface area contributed by atoms with Gasteiger partial charge in [0.25, 0.3) is 5.91 Å². The third kappa shape index (κ3) is 3.61. The fourth-order valence-electron chi connectivity index (χ4n) is 3.08. The Morgan fingerprint density at radius 1 is 1.32 bits per heavy atom. The molecule has 134 valence electrons. The van der Waals surface area contributed by atoms with Crippen molar-refractivity contribution in [3.63, 3.8) is 0 Å². The van der Waals surface area contributed by atoms with Crippen molar-refractivity contribution in [3.05, 3.63) is 34.0 Å². The zero-order valence-electron chi connectivity index (χ0n) is 14.6. The monoisotopic (exact) mass is 361 g/mol. The van der Waals surface area contributed by atoms with Crippen LogP contribution < -0.4 is 5.32 Å². The first-order valence-corrected chi connectivity index (χ1v) is 9.62. The van der Waals surface area contributed by atoms with Crippen LogP contribution in [0.4, 0.5) is 5.00 Å². The Balaban J connectivity index is 1.91. The average Bonchev–Trinajstić information content (AvgIpc) is 3.23. The van der Waals surface area contributed by atoms with Crippen LogP contribution in [-0.4, -0.2) is 28.3 Å². The van der Waals surface area contributed by atoms with Crippen molar-refractivity contribution < 1.29 is 14.3 Å². The van der Waals surface area contributed by atoms with Crippen molar-refractivity contribution >= 4 is 28.2 Å². The highest BCUT2D eigenvalue weighted by molar-refractivity contribution is 7.17. The molecular formula is C18H23N3O3S. The Morgan fingerprint density at radius 3 is 2.88 bits per heavy atom. The number of aromatic nitrogens is 2. The standard InChI is InChI=1S/C18H23N3O3S/c1-3-11-24-18(23)15-12-7-5-6-8-14(12)25-17(15)20-16(22)13-9-10-19-21(13)4-2/h9-10H,3-8,11H2,1-2H3,(H,20,22). The van der Waals surface area contributed by atoms with Crippen molar-refractivity contribution in [1.29, 1.82) is 0 Å². The lowest BCUT2D eigenvalue weighted by atomic mass is 9.95. The van der Waals surface area contributed by atoms with E-state index >= 15 is 0 Å². The molecule has 0 saturated heterocycles. The molecule has 1 aliphatic carbocycles. The van der Waals surface area contributed by atoms with Gasteiger partial charge >= 0.3 is 5.97 Å². The molecule has 2 aromatic rings. The van der Waals surface area contributed by atoms with Crippen LogP contribution in [0.5, 0.6) is 0 Å². The number of fused-ring (bicyclic) bond motifs is 1. The van der Waals surface area contributed by atoms with Crippen LogP contribution in [0.15, 0.2) is 12.3 Å². The summed E-state index contributed by atoms with van der Waals surface area (Å²) in [4.78, 5) is 26.4. The van der Waals surface area contributed by atoms with Gasteiger partial charge in [-0.2, -0.15) is 5.10 Å². The summed E-state index contributed by atoms with van der Waals surface area (Å²) in [6.45, 7) is 4.90. The van der Waals surface area contributed by atoms with Gasteiger partial charge in [-0.05, 0) is 50.7 Å². The predicted molar refractivity (Wildman–Crippen MR) is 97.4 cm³/mol. The maximum absolute atomic E-state index is 12.6. The minimum Gasteiger partial charge on any atom is -0.462 e. The summed E-state index contributed by atoms with van der Waals surface area (Å²) in [6, 6.07) is 1.68. The van der Waals surface area contributed by atoms with Crippen molar-refractivity contribution in [2.45, 2.75) is 52.5 Å². The third-order valence-electron chi connectivity index (χ3n) is 4.29. The Morgan fingerprint density at radius 2 is 2.12 bits per heavy atom. The number of hydrogen-bond acceptors (Lipinski definition) is 5. The van der Waals surface area contributed by atoms with Gasteiger partial charge in [0.05, 0.1) is 12.2 Å². The predicted octanol–water partition coefficient (Wildman–Crippen LogP) is 3.66. The van der Waals surface area contributed by atoms with Crippen molar-refractivity contribution in [2.24, 2.45) is 0 Å². The topological polar surface area (TPSA) is 73.2 Å². The third-order valence-corrected chi connectivity index (χ3v) is 5.50. The smallest absolute Gasteiger partial charge is 0.341 e. The normalized spacial score (nSPS) is 13.4. The zero-order chi connectivity index (χ0) is 17.8. The first-order valence-electron chi connectivity index (χ1n) is 8.80. The number of thiophene rings is 1. The van der Waals surface area contributed by atoms with Crippen LogP contribution in [0.1, 0.15) is 64.4 Å². The molecule has 1 aliphatic rings. The summed E-state index contributed by atoms with van der Waals surface area (Å²) >= 11 is 1.50. The first kappa shape index (κ1) is 17.7. The number of nitrogens with zero attached hydrogens (tertiary/aromatic N) is 2. The molecule has 0 radical (unpaired) electrons. The number of hydrogen-bond donors (Lipinski definition) is 1. The highest BCUT2D eigenvalue weighted by Crippen LogP contribution is 2.38. The number of esters is 1. The van der Waals surface area contributed by atoms with Gasteiger partial charge in [-0.1, -0.05) is 6.92 Å². The van der Waals surface area contributed by atoms with Crippen molar-refractivity contribution in [1.82, 2.24) is 9.78 Å². The first-order chi connectivity index (χ1) is 12.2. The van der Waals surface area contributed by atoms with Crippen LogP contribution in [0.3, 0.4) is 0 Å². The number of rotatable bonds is 6. The van der Waals surface area contributed by atoms with Gasteiger partial charge in [-0.25, -0.2) is 4.79 Å². The summed E-state index contributed by atoms with van der Waals surface area (Å²) < 4.78 is 7.00. The fraction of sp³-hybridized carbons (Fsp3) is 0.500. The number of amides is 1. The van der Waals surface area contributed by atoms with Crippen LogP contribution in [0.25, 0.3) is 0 Å². The summed E-state index contributed by atoms with van der Waals surface area (Å²) in [5.41, 5.74) is 2.09. The molecule has 6 nitrogen and oxygen atoms in total. The summed E-state index contributed by atoms with van der Waals surface area (Å²) in [7, 11) is 0. The van der Waals surface area contributed by atoms with E-state index in [1.165, 1.54) is 16.2 Å². The number of ether oxygens (including phenoxy) is 1. The number of nitrogens with one attached hydrogen (secondary N) is 1. The minimum atomic E-state index is -0.333. The van der Waals surface area contributed by atoms with Gasteiger partial charge in [0, 0.05) is 17.6 Å². The molecule has 2 aromatic heterocycles. The van der Waals surface area contributed by atoms with E-state index in [2.05, 4.69) is 10.4 Å². The van der Waals surface area contributed by atoms with Gasteiger partial charge in [0.1, 0.15) is 10.7 Å². The maximum Gasteiger partial charge on any atom is 0.341 e. The molecule has 1 amide bonds. The van der Waals surface area contributed by atoms with Crippen LogP contribution in [-0.2, 0) is 24.1 Å². The molecule has 2 heterocycles. The van der Waals surface area contributed by atoms with Gasteiger partial charge in [0.15, 0.2) is 0 Å². The second-order valence-corrected chi connectivity index (χ2v) is 7.14. The highest BCUT2D eigenvalue weighted by atomic mass is 32.1. The molecule has 25 heavy (non-hydrogen) atoms. The number of aryl methyl sites for hydroxylation is 2. The molecule has 1 N–H and O–H groups in total. The van der Waals surface area contributed by atoms with Crippen LogP contribution in [0.2, 0.25) is 0 Å². The Labute approximate surface area is 151 Å². The second-order valence-electron chi connectivity index (χ2n) is 6.04. The van der Waals surface area contributed by atoms with Gasteiger partial charge < -0.3 is 10.1 Å². The highest BCUT2D eigenvalue weighted by Gasteiger charge is 2.28. The van der Waals surface area contributed by atoms with E-state index in [0.29, 0.717) is 29.4 Å². The average molecular weight is 361 g/mol. The Hall–Kier alpha value is -2.15. The van der Waals surface area contributed by atoms with E-state index in [0.717, 1.165) is 37.7 Å². The Kier molecular flexibility index (Phi) is 5.53. The molecule has 0 atom stereocenters. The summed E-state index contributed by atoms with van der Waals surface area (Å²) in [6.07, 6.45) is 6.38. The largest absolute Gasteiger partial charge is 0.462 e. The van der Waals surface area contributed by atoms with E-state index in [1.807, 2.05) is 13.8 Å². The zero-order valence-corrected chi connectivity index (χ0v) is 15.4. The van der Waals surface area contributed by atoms with Crippen molar-refractivity contribution in [2.75, 3.05) is 11.9 Å². The lowest BCUT2D eigenvalue weighted by Gasteiger charge is -2.12. The Bertz CT molecular complexity index is 779. The fourth-order valence-corrected chi connectivity index (χ4v) is 4.35. The molecule has 0 unspecified atom stereocenters. The molecular weight excluding hydrogens is 338 g/mol. The lowest BCUT2D eigenvalue weighted by molar-refractivity contribution is 0.0505. The summed E-state index contributed by atoms with van der Waals surface area (Å²) in [5.74, 6) is -0.581. The number of carbonyl (C=O) groups excluding carboxylic acids is 2. The molecule has 3 rings (SSSR count).